The average Bonchev–Trinajstić information content (AvgIpc) is 3.28. The van der Waals surface area contributed by atoms with E-state index in [9.17, 15) is 0 Å². The second-order valence-corrected chi connectivity index (χ2v) is 7.89. The molecule has 2 aromatic heterocycles. The van der Waals surface area contributed by atoms with Crippen molar-refractivity contribution in [3.8, 4) is 0 Å². The zero-order valence-electron chi connectivity index (χ0n) is 15.3. The molecule has 3 aromatic rings. The molecule has 0 saturated carbocycles. The van der Waals surface area contributed by atoms with Gasteiger partial charge in [0.1, 0.15) is 6.04 Å². The molecule has 1 aliphatic rings. The highest BCUT2D eigenvalue weighted by molar-refractivity contribution is 9.10. The van der Waals surface area contributed by atoms with E-state index in [1.165, 1.54) is 11.3 Å². The number of hydrogen-bond acceptors (Lipinski definition) is 2. The molecule has 2 atom stereocenters. The van der Waals surface area contributed by atoms with Gasteiger partial charge < -0.3 is 14.8 Å². The summed E-state index contributed by atoms with van der Waals surface area (Å²) >= 11 is 9.37. The van der Waals surface area contributed by atoms with Gasteiger partial charge in [-0.05, 0) is 74.1 Å². The summed E-state index contributed by atoms with van der Waals surface area (Å²) in [6.45, 7) is 5.17. The Morgan fingerprint density at radius 3 is 2.74 bits per heavy atom. The van der Waals surface area contributed by atoms with Crippen LogP contribution in [-0.4, -0.2) is 14.7 Å². The first-order valence-corrected chi connectivity index (χ1v) is 10.2. The molecule has 6 heteroatoms. The van der Waals surface area contributed by atoms with Crippen LogP contribution in [0.3, 0.4) is 0 Å². The molecule has 138 valence electrons. The number of aromatic nitrogens is 2. The van der Waals surface area contributed by atoms with Gasteiger partial charge in [-0.1, -0.05) is 22.0 Å². The number of pyridine rings is 1. The van der Waals surface area contributed by atoms with Crippen LogP contribution in [0.4, 0.5) is 5.69 Å². The van der Waals surface area contributed by atoms with E-state index >= 15 is 0 Å². The number of rotatable bonds is 4. The van der Waals surface area contributed by atoms with Crippen LogP contribution in [0.5, 0.6) is 0 Å². The Labute approximate surface area is 173 Å². The fourth-order valence-corrected chi connectivity index (χ4v) is 4.29. The highest BCUT2D eigenvalue weighted by atomic mass is 79.9. The van der Waals surface area contributed by atoms with E-state index in [4.69, 9.17) is 12.2 Å². The zero-order chi connectivity index (χ0) is 19.0. The summed E-state index contributed by atoms with van der Waals surface area (Å²) in [4.78, 5) is 6.82. The number of benzene rings is 1. The van der Waals surface area contributed by atoms with Crippen molar-refractivity contribution >= 4 is 38.9 Å². The summed E-state index contributed by atoms with van der Waals surface area (Å²) in [7, 11) is 0. The molecule has 1 N–H and O–H groups in total. The molecule has 0 bridgehead atoms. The Balaban J connectivity index is 1.85. The summed E-state index contributed by atoms with van der Waals surface area (Å²) < 4.78 is 3.37. The topological polar surface area (TPSA) is 33.1 Å². The molecule has 4 nitrogen and oxygen atoms in total. The standard InChI is InChI=1S/C21H21BrN4S/c1-3-25-12-6-8-18(25)20-19(17-7-4-5-11-23-17)24-21(27)26(20)15-9-10-16(22)14(2)13-15/h4-13,19-20H,3H2,1-2H3,(H,24,27)/t19-,20-/m1/s1. The summed E-state index contributed by atoms with van der Waals surface area (Å²) in [5.41, 5.74) is 4.48. The van der Waals surface area contributed by atoms with Crippen molar-refractivity contribution in [2.75, 3.05) is 4.90 Å². The van der Waals surface area contributed by atoms with Crippen LogP contribution in [0.2, 0.25) is 0 Å². The zero-order valence-corrected chi connectivity index (χ0v) is 17.7. The lowest BCUT2D eigenvalue weighted by molar-refractivity contribution is 0.529. The summed E-state index contributed by atoms with van der Waals surface area (Å²) in [6, 6.07) is 16.7. The Morgan fingerprint density at radius 2 is 2.04 bits per heavy atom. The van der Waals surface area contributed by atoms with E-state index in [1.54, 1.807) is 0 Å². The monoisotopic (exact) mass is 440 g/mol. The Hall–Kier alpha value is -2.18. The SMILES string of the molecule is CCn1cccc1[C@@H]1[C@@H](c2ccccn2)NC(=S)N1c1ccc(Br)c(C)c1. The molecule has 3 heterocycles. The minimum atomic E-state index is -0.0112. The lowest BCUT2D eigenvalue weighted by atomic mass is 10.0. The van der Waals surface area contributed by atoms with Gasteiger partial charge in [-0.2, -0.15) is 0 Å². The molecule has 1 aromatic carbocycles. The first-order chi connectivity index (χ1) is 13.1. The maximum atomic E-state index is 5.77. The number of anilines is 1. The van der Waals surface area contributed by atoms with Gasteiger partial charge in [-0.25, -0.2) is 0 Å². The molecule has 4 rings (SSSR count). The lowest BCUT2D eigenvalue weighted by Gasteiger charge is -2.29. The third kappa shape index (κ3) is 3.28. The fourth-order valence-electron chi connectivity index (χ4n) is 3.70. The van der Waals surface area contributed by atoms with Gasteiger partial charge in [0.05, 0.1) is 11.7 Å². The normalized spacial score (nSPS) is 19.4. The fraction of sp³-hybridized carbons (Fsp3) is 0.238. The number of halogens is 1. The Kier molecular flexibility index (Phi) is 5.02. The molecule has 0 aliphatic carbocycles. The first-order valence-electron chi connectivity index (χ1n) is 9.02. The lowest BCUT2D eigenvalue weighted by Crippen LogP contribution is -2.30. The average molecular weight is 441 g/mol. The summed E-state index contributed by atoms with van der Waals surface area (Å²) in [6.07, 6.45) is 3.96. The van der Waals surface area contributed by atoms with Crippen LogP contribution in [-0.2, 0) is 6.54 Å². The van der Waals surface area contributed by atoms with Crippen molar-refractivity contribution in [1.82, 2.24) is 14.9 Å². The highest BCUT2D eigenvalue weighted by Gasteiger charge is 2.41. The second-order valence-electron chi connectivity index (χ2n) is 6.65. The van der Waals surface area contributed by atoms with Crippen molar-refractivity contribution in [3.63, 3.8) is 0 Å². The van der Waals surface area contributed by atoms with Crippen molar-refractivity contribution in [2.45, 2.75) is 32.5 Å². The first kappa shape index (κ1) is 18.2. The van der Waals surface area contributed by atoms with Gasteiger partial charge in [0.15, 0.2) is 5.11 Å². The molecule has 0 amide bonds. The Morgan fingerprint density at radius 1 is 1.19 bits per heavy atom. The van der Waals surface area contributed by atoms with E-state index in [0.29, 0.717) is 0 Å². The van der Waals surface area contributed by atoms with Crippen molar-refractivity contribution in [1.29, 1.82) is 0 Å². The number of hydrogen-bond donors (Lipinski definition) is 1. The maximum absolute atomic E-state index is 5.77. The smallest absolute Gasteiger partial charge is 0.174 e. The number of nitrogens with zero attached hydrogens (tertiary/aromatic N) is 3. The van der Waals surface area contributed by atoms with Crippen molar-refractivity contribution < 1.29 is 0 Å². The third-order valence-corrected chi connectivity index (χ3v) is 6.23. The van der Waals surface area contributed by atoms with Gasteiger partial charge in [0.25, 0.3) is 0 Å². The molecular formula is C21H21BrN4S. The van der Waals surface area contributed by atoms with Crippen molar-refractivity contribution in [3.05, 3.63) is 82.3 Å². The van der Waals surface area contributed by atoms with E-state index in [0.717, 1.165) is 27.5 Å². The maximum Gasteiger partial charge on any atom is 0.174 e. The van der Waals surface area contributed by atoms with Crippen LogP contribution in [0, 0.1) is 6.92 Å². The molecule has 1 fully saturated rings. The van der Waals surface area contributed by atoms with Crippen molar-refractivity contribution in [2.24, 2.45) is 0 Å². The van der Waals surface area contributed by atoms with E-state index in [2.05, 4.69) is 92.1 Å². The van der Waals surface area contributed by atoms with Crippen LogP contribution in [0.25, 0.3) is 0 Å². The molecule has 1 saturated heterocycles. The van der Waals surface area contributed by atoms with E-state index < -0.39 is 0 Å². The van der Waals surface area contributed by atoms with Gasteiger partial charge in [-0.15, -0.1) is 0 Å². The molecule has 0 unspecified atom stereocenters. The van der Waals surface area contributed by atoms with Crippen LogP contribution < -0.4 is 10.2 Å². The number of thiocarbonyl (C=S) groups is 1. The predicted octanol–water partition coefficient (Wildman–Crippen LogP) is 5.15. The van der Waals surface area contributed by atoms with Gasteiger partial charge in [-0.3, -0.25) is 4.98 Å². The molecular weight excluding hydrogens is 420 g/mol. The van der Waals surface area contributed by atoms with Gasteiger partial charge >= 0.3 is 0 Å². The number of aryl methyl sites for hydroxylation is 2. The van der Waals surface area contributed by atoms with Gasteiger partial charge in [0.2, 0.25) is 0 Å². The molecule has 1 aliphatic heterocycles. The molecule has 27 heavy (non-hydrogen) atoms. The molecule has 0 radical (unpaired) electrons. The van der Waals surface area contributed by atoms with Crippen LogP contribution in [0.15, 0.2) is 65.4 Å². The second kappa shape index (κ2) is 7.44. The van der Waals surface area contributed by atoms with E-state index in [1.807, 2.05) is 18.3 Å². The van der Waals surface area contributed by atoms with Gasteiger partial charge in [0, 0.05) is 34.8 Å². The van der Waals surface area contributed by atoms with Crippen LogP contribution in [0.1, 0.15) is 36.0 Å². The summed E-state index contributed by atoms with van der Waals surface area (Å²) in [5.74, 6) is 0. The largest absolute Gasteiger partial charge is 0.351 e. The third-order valence-electron chi connectivity index (χ3n) is 5.03. The van der Waals surface area contributed by atoms with Crippen LogP contribution >= 0.6 is 28.1 Å². The minimum absolute atomic E-state index is 0.0112. The summed E-state index contributed by atoms with van der Waals surface area (Å²) in [5, 5.41) is 4.24. The molecule has 0 spiro atoms. The predicted molar refractivity (Wildman–Crippen MR) is 117 cm³/mol. The number of nitrogens with one attached hydrogen (secondary N) is 1. The minimum Gasteiger partial charge on any atom is -0.351 e. The Bertz CT molecular complexity index is 969. The highest BCUT2D eigenvalue weighted by Crippen LogP contribution is 2.42. The quantitative estimate of drug-likeness (QED) is 0.568. The van der Waals surface area contributed by atoms with E-state index in [-0.39, 0.29) is 12.1 Å².